The van der Waals surface area contributed by atoms with Crippen LogP contribution in [0.25, 0.3) is 0 Å². The van der Waals surface area contributed by atoms with Gasteiger partial charge in [0.1, 0.15) is 18.5 Å². The van der Waals surface area contributed by atoms with Crippen LogP contribution in [-0.4, -0.2) is 34.8 Å². The Bertz CT molecular complexity index is 879. The summed E-state index contributed by atoms with van der Waals surface area (Å²) in [6, 6.07) is 10.7. The highest BCUT2D eigenvalue weighted by Gasteiger charge is 2.24. The zero-order valence-electron chi connectivity index (χ0n) is 14.4. The summed E-state index contributed by atoms with van der Waals surface area (Å²) in [6.07, 6.45) is -0.385. The molecule has 2 aromatic carbocycles. The number of fused-ring (bicyclic) bond motifs is 1. The number of para-hydroxylation sites is 2. The molecule has 1 heterocycles. The van der Waals surface area contributed by atoms with E-state index in [1.807, 2.05) is 25.1 Å². The highest BCUT2D eigenvalue weighted by atomic mass is 32.2. The second-order valence-electron chi connectivity index (χ2n) is 5.94. The van der Waals surface area contributed by atoms with Crippen LogP contribution in [0.15, 0.2) is 41.3 Å². The second kappa shape index (κ2) is 6.93. The van der Waals surface area contributed by atoms with Crippen molar-refractivity contribution in [3.8, 4) is 17.2 Å². The van der Waals surface area contributed by atoms with Crippen molar-refractivity contribution < 1.29 is 22.6 Å². The molecule has 0 spiro atoms. The molecule has 0 aliphatic carbocycles. The second-order valence-corrected chi connectivity index (χ2v) is 7.67. The smallest absolute Gasteiger partial charge is 0.240 e. The normalized spacial score (nSPS) is 16.5. The lowest BCUT2D eigenvalue weighted by molar-refractivity contribution is 0.0943. The first-order valence-electron chi connectivity index (χ1n) is 7.94. The fourth-order valence-electron chi connectivity index (χ4n) is 2.72. The average molecular weight is 363 g/mol. The number of hydrogen-bond acceptors (Lipinski definition) is 5. The van der Waals surface area contributed by atoms with Crippen molar-refractivity contribution in [3.63, 3.8) is 0 Å². The van der Waals surface area contributed by atoms with E-state index >= 15 is 0 Å². The van der Waals surface area contributed by atoms with E-state index in [0.717, 1.165) is 5.56 Å². The molecule has 0 saturated carbocycles. The Balaban J connectivity index is 1.72. The minimum atomic E-state index is -3.66. The molecule has 1 aliphatic rings. The van der Waals surface area contributed by atoms with E-state index in [1.54, 1.807) is 32.2 Å². The van der Waals surface area contributed by atoms with Crippen molar-refractivity contribution >= 4 is 10.0 Å². The van der Waals surface area contributed by atoms with Gasteiger partial charge in [-0.15, -0.1) is 0 Å². The van der Waals surface area contributed by atoms with Crippen molar-refractivity contribution in [2.24, 2.45) is 0 Å². The molecule has 0 unspecified atom stereocenters. The van der Waals surface area contributed by atoms with Gasteiger partial charge in [0.15, 0.2) is 11.5 Å². The molecule has 1 aliphatic heterocycles. The summed E-state index contributed by atoms with van der Waals surface area (Å²) in [5.41, 5.74) is 1.39. The molecule has 1 N–H and O–H groups in total. The quantitative estimate of drug-likeness (QED) is 0.883. The Morgan fingerprint density at radius 2 is 1.88 bits per heavy atom. The van der Waals surface area contributed by atoms with Crippen LogP contribution in [0.4, 0.5) is 0 Å². The van der Waals surface area contributed by atoms with E-state index in [-0.39, 0.29) is 17.5 Å². The van der Waals surface area contributed by atoms with Crippen molar-refractivity contribution in [3.05, 3.63) is 47.5 Å². The number of aryl methyl sites for hydroxylation is 2. The minimum Gasteiger partial charge on any atom is -0.496 e. The Labute approximate surface area is 147 Å². The first kappa shape index (κ1) is 17.6. The number of rotatable bonds is 5. The van der Waals surface area contributed by atoms with E-state index in [2.05, 4.69) is 4.72 Å². The van der Waals surface area contributed by atoms with Gasteiger partial charge in [0.05, 0.1) is 18.6 Å². The van der Waals surface area contributed by atoms with Crippen LogP contribution in [0.1, 0.15) is 11.1 Å². The molecule has 0 radical (unpaired) electrons. The SMILES string of the molecule is COc1cc(C)c(S(=O)(=O)NC[C@@H]2COc3ccccc3O2)cc1C. The largest absolute Gasteiger partial charge is 0.496 e. The summed E-state index contributed by atoms with van der Waals surface area (Å²) in [5.74, 6) is 1.95. The third-order valence-corrected chi connectivity index (χ3v) is 5.62. The van der Waals surface area contributed by atoms with Crippen LogP contribution in [0.3, 0.4) is 0 Å². The zero-order chi connectivity index (χ0) is 18.0. The van der Waals surface area contributed by atoms with Gasteiger partial charge in [-0.3, -0.25) is 0 Å². The Hall–Kier alpha value is -2.25. The maximum absolute atomic E-state index is 12.6. The van der Waals surface area contributed by atoms with Gasteiger partial charge in [-0.2, -0.15) is 0 Å². The molecule has 134 valence electrons. The van der Waals surface area contributed by atoms with Gasteiger partial charge < -0.3 is 14.2 Å². The molecule has 0 aromatic heterocycles. The molecule has 1 atom stereocenters. The van der Waals surface area contributed by atoms with Crippen LogP contribution in [0.5, 0.6) is 17.2 Å². The predicted molar refractivity (Wildman–Crippen MR) is 94.0 cm³/mol. The number of sulfonamides is 1. The molecular formula is C18H21NO5S. The van der Waals surface area contributed by atoms with Gasteiger partial charge in [0.25, 0.3) is 0 Å². The first-order valence-corrected chi connectivity index (χ1v) is 9.42. The molecule has 25 heavy (non-hydrogen) atoms. The average Bonchev–Trinajstić information content (AvgIpc) is 2.61. The summed E-state index contributed by atoms with van der Waals surface area (Å²) in [4.78, 5) is 0.239. The maximum atomic E-state index is 12.6. The predicted octanol–water partition coefficient (Wildman–Crippen LogP) is 2.43. The molecule has 0 bridgehead atoms. The molecule has 2 aromatic rings. The minimum absolute atomic E-state index is 0.126. The third-order valence-electron chi connectivity index (χ3n) is 4.05. The fourth-order valence-corrected chi connectivity index (χ4v) is 4.09. The lowest BCUT2D eigenvalue weighted by Crippen LogP contribution is -2.40. The van der Waals surface area contributed by atoms with E-state index in [0.29, 0.717) is 29.4 Å². The number of benzene rings is 2. The summed E-state index contributed by atoms with van der Waals surface area (Å²) in [5, 5.41) is 0. The first-order chi connectivity index (χ1) is 11.9. The van der Waals surface area contributed by atoms with Gasteiger partial charge >= 0.3 is 0 Å². The molecule has 3 rings (SSSR count). The van der Waals surface area contributed by atoms with Crippen molar-refractivity contribution in [1.82, 2.24) is 4.72 Å². The summed E-state index contributed by atoms with van der Waals surface area (Å²) >= 11 is 0. The van der Waals surface area contributed by atoms with Crippen molar-refractivity contribution in [2.75, 3.05) is 20.3 Å². The van der Waals surface area contributed by atoms with Gasteiger partial charge in [-0.1, -0.05) is 12.1 Å². The standard InChI is InChI=1S/C18H21NO5S/c1-12-9-18(13(2)8-17(12)22-3)25(20,21)19-10-14-11-23-15-6-4-5-7-16(15)24-14/h4-9,14,19H,10-11H2,1-3H3/t14-/m1/s1. The van der Waals surface area contributed by atoms with Gasteiger partial charge in [0, 0.05) is 0 Å². The Morgan fingerprint density at radius 3 is 2.60 bits per heavy atom. The molecule has 6 nitrogen and oxygen atoms in total. The van der Waals surface area contributed by atoms with E-state index < -0.39 is 10.0 Å². The lowest BCUT2D eigenvalue weighted by atomic mass is 10.1. The monoisotopic (exact) mass is 363 g/mol. The highest BCUT2D eigenvalue weighted by molar-refractivity contribution is 7.89. The van der Waals surface area contributed by atoms with Crippen molar-refractivity contribution in [1.29, 1.82) is 0 Å². The van der Waals surface area contributed by atoms with Crippen LogP contribution >= 0.6 is 0 Å². The molecule has 7 heteroatoms. The van der Waals surface area contributed by atoms with Gasteiger partial charge in [-0.25, -0.2) is 13.1 Å². The number of nitrogens with one attached hydrogen (secondary N) is 1. The van der Waals surface area contributed by atoms with Crippen LogP contribution in [-0.2, 0) is 10.0 Å². The van der Waals surface area contributed by atoms with Crippen LogP contribution in [0, 0.1) is 13.8 Å². The van der Waals surface area contributed by atoms with Gasteiger partial charge in [0.2, 0.25) is 10.0 Å². The number of ether oxygens (including phenoxy) is 3. The summed E-state index contributed by atoms with van der Waals surface area (Å²) in [6.45, 7) is 3.97. The van der Waals surface area contributed by atoms with E-state index in [9.17, 15) is 8.42 Å². The zero-order valence-corrected chi connectivity index (χ0v) is 15.2. The summed E-state index contributed by atoms with van der Waals surface area (Å²) in [7, 11) is -2.09. The molecule has 0 fully saturated rings. The number of hydrogen-bond donors (Lipinski definition) is 1. The van der Waals surface area contributed by atoms with E-state index in [4.69, 9.17) is 14.2 Å². The summed E-state index contributed by atoms with van der Waals surface area (Å²) < 4.78 is 44.5. The molecular weight excluding hydrogens is 342 g/mol. The maximum Gasteiger partial charge on any atom is 0.240 e. The van der Waals surface area contributed by atoms with Crippen LogP contribution < -0.4 is 18.9 Å². The molecule has 0 amide bonds. The Morgan fingerprint density at radius 1 is 1.16 bits per heavy atom. The lowest BCUT2D eigenvalue weighted by Gasteiger charge is -2.26. The third kappa shape index (κ3) is 3.72. The topological polar surface area (TPSA) is 73.9 Å². The van der Waals surface area contributed by atoms with Crippen molar-refractivity contribution in [2.45, 2.75) is 24.8 Å². The molecule has 0 saturated heterocycles. The van der Waals surface area contributed by atoms with Crippen LogP contribution in [0.2, 0.25) is 0 Å². The van der Waals surface area contributed by atoms with E-state index in [1.165, 1.54) is 0 Å². The number of methoxy groups -OCH3 is 1. The highest BCUT2D eigenvalue weighted by Crippen LogP contribution is 2.31. The fraction of sp³-hybridized carbons (Fsp3) is 0.333. The van der Waals surface area contributed by atoms with Gasteiger partial charge in [-0.05, 0) is 49.2 Å². The Kier molecular flexibility index (Phi) is 4.87.